The zero-order valence-corrected chi connectivity index (χ0v) is 23.9. The zero-order chi connectivity index (χ0) is 26.9. The fraction of sp³-hybridized carbons (Fsp3) is 0.429. The van der Waals surface area contributed by atoms with Crippen LogP contribution in [0.5, 0.6) is 0 Å². The van der Waals surface area contributed by atoms with Crippen molar-refractivity contribution in [2.45, 2.75) is 64.8 Å². The summed E-state index contributed by atoms with van der Waals surface area (Å²) in [5.41, 5.74) is 10.8. The number of carbonyl (C=O) groups is 1. The van der Waals surface area contributed by atoms with E-state index in [0.29, 0.717) is 18.8 Å². The molecular weight excluding hydrogens is 502 g/mol. The Bertz CT molecular complexity index is 1290. The lowest BCUT2D eigenvalue weighted by Crippen LogP contribution is -2.33. The van der Waals surface area contributed by atoms with Gasteiger partial charge in [-0.2, -0.15) is 0 Å². The summed E-state index contributed by atoms with van der Waals surface area (Å²) in [5, 5.41) is 12.6. The SMILES string of the molecule is CCN(N)c1ccc(C(c2nc(CN3CCCc4ccccc4S3)c(C)s2)C(C)(C)C(=O)O)c(C)c1N. The molecule has 7 nitrogen and oxygen atoms in total. The van der Waals surface area contributed by atoms with E-state index in [2.05, 4.69) is 35.5 Å². The molecule has 0 aliphatic carbocycles. The Balaban J connectivity index is 1.71. The third-order valence-corrected chi connectivity index (χ3v) is 9.55. The Morgan fingerprint density at radius 3 is 2.68 bits per heavy atom. The standard InChI is InChI=1S/C28H37N5O2S2/c1-6-33(30)22-14-13-20(17(2)25(22)29)24(28(4,5)27(34)35)26-31-21(18(3)36-26)16-32-15-9-11-19-10-7-8-12-23(19)37-32/h7-8,10,12-14,24H,6,9,11,15-16,29-30H2,1-5H3,(H,34,35). The summed E-state index contributed by atoms with van der Waals surface area (Å²) in [6.07, 6.45) is 2.17. The number of fused-ring (bicyclic) bond motifs is 1. The van der Waals surface area contributed by atoms with Crippen molar-refractivity contribution in [3.05, 3.63) is 68.7 Å². The molecule has 1 aromatic heterocycles. The molecule has 2 heterocycles. The highest BCUT2D eigenvalue weighted by Gasteiger charge is 2.42. The van der Waals surface area contributed by atoms with Crippen LogP contribution in [0.15, 0.2) is 41.3 Å². The third-order valence-electron chi connectivity index (χ3n) is 7.30. The molecule has 0 radical (unpaired) electrons. The van der Waals surface area contributed by atoms with Crippen LogP contribution in [0.2, 0.25) is 0 Å². The van der Waals surface area contributed by atoms with Gasteiger partial charge in [0.05, 0.1) is 34.9 Å². The summed E-state index contributed by atoms with van der Waals surface area (Å²) < 4.78 is 2.37. The van der Waals surface area contributed by atoms with Crippen LogP contribution in [0.25, 0.3) is 0 Å². The van der Waals surface area contributed by atoms with E-state index in [-0.39, 0.29) is 0 Å². The maximum Gasteiger partial charge on any atom is 0.310 e. The van der Waals surface area contributed by atoms with Crippen molar-refractivity contribution < 1.29 is 9.90 Å². The predicted molar refractivity (Wildman–Crippen MR) is 154 cm³/mol. The van der Waals surface area contributed by atoms with Crippen LogP contribution in [0, 0.1) is 19.3 Å². The molecule has 0 saturated carbocycles. The van der Waals surface area contributed by atoms with Crippen molar-refractivity contribution in [3.63, 3.8) is 0 Å². The van der Waals surface area contributed by atoms with E-state index < -0.39 is 17.3 Å². The zero-order valence-electron chi connectivity index (χ0n) is 22.2. The minimum absolute atomic E-state index is 0.454. The number of thiazole rings is 1. The van der Waals surface area contributed by atoms with Gasteiger partial charge in [-0.1, -0.05) is 24.3 Å². The van der Waals surface area contributed by atoms with Crippen molar-refractivity contribution in [2.75, 3.05) is 23.8 Å². The monoisotopic (exact) mass is 539 g/mol. The molecule has 2 aromatic carbocycles. The lowest BCUT2D eigenvalue weighted by Gasteiger charge is -2.32. The first-order valence-corrected chi connectivity index (χ1v) is 14.2. The molecule has 5 N–H and O–H groups in total. The van der Waals surface area contributed by atoms with Crippen LogP contribution < -0.4 is 16.6 Å². The number of nitrogens with two attached hydrogens (primary N) is 2. The molecule has 0 bridgehead atoms. The van der Waals surface area contributed by atoms with E-state index >= 15 is 0 Å². The number of anilines is 2. The average molecular weight is 540 g/mol. The van der Waals surface area contributed by atoms with Gasteiger partial charge in [-0.3, -0.25) is 4.79 Å². The number of aryl methyl sites for hydroxylation is 2. The summed E-state index contributed by atoms with van der Waals surface area (Å²) in [6, 6.07) is 12.4. The fourth-order valence-electron chi connectivity index (χ4n) is 4.85. The van der Waals surface area contributed by atoms with Gasteiger partial charge >= 0.3 is 5.97 Å². The van der Waals surface area contributed by atoms with Crippen LogP contribution in [-0.2, 0) is 17.8 Å². The molecule has 1 aliphatic heterocycles. The summed E-state index contributed by atoms with van der Waals surface area (Å²) in [5.74, 6) is 4.80. The molecule has 0 saturated heterocycles. The number of nitrogens with zero attached hydrogens (tertiary/aromatic N) is 3. The number of aliphatic carboxylic acids is 1. The minimum atomic E-state index is -1.09. The quantitative estimate of drug-likeness (QED) is 0.144. The second-order valence-corrected chi connectivity index (χ2v) is 12.6. The van der Waals surface area contributed by atoms with Crippen molar-refractivity contribution >= 4 is 40.6 Å². The van der Waals surface area contributed by atoms with Crippen molar-refractivity contribution in [1.29, 1.82) is 0 Å². The number of hydrogen-bond donors (Lipinski definition) is 3. The number of benzene rings is 2. The summed E-state index contributed by atoms with van der Waals surface area (Å²) in [7, 11) is 0. The third kappa shape index (κ3) is 5.50. The Hall–Kier alpha value is -2.59. The van der Waals surface area contributed by atoms with E-state index in [0.717, 1.165) is 51.8 Å². The molecule has 3 aromatic rings. The van der Waals surface area contributed by atoms with Crippen molar-refractivity contribution in [3.8, 4) is 0 Å². The van der Waals surface area contributed by atoms with E-state index in [1.807, 2.05) is 26.0 Å². The van der Waals surface area contributed by atoms with E-state index in [1.54, 1.807) is 42.1 Å². The van der Waals surface area contributed by atoms with Gasteiger partial charge < -0.3 is 15.8 Å². The van der Waals surface area contributed by atoms with Gasteiger partial charge in [0, 0.05) is 22.9 Å². The maximum absolute atomic E-state index is 12.5. The molecule has 198 valence electrons. The molecule has 0 spiro atoms. The van der Waals surface area contributed by atoms with Crippen LogP contribution >= 0.6 is 23.3 Å². The smallest absolute Gasteiger partial charge is 0.310 e. The van der Waals surface area contributed by atoms with Crippen molar-refractivity contribution in [2.24, 2.45) is 11.3 Å². The summed E-state index contributed by atoms with van der Waals surface area (Å²) >= 11 is 3.37. The minimum Gasteiger partial charge on any atom is -0.481 e. The van der Waals surface area contributed by atoms with Gasteiger partial charge in [0.25, 0.3) is 0 Å². The maximum atomic E-state index is 12.5. The van der Waals surface area contributed by atoms with Gasteiger partial charge in [-0.25, -0.2) is 15.1 Å². The van der Waals surface area contributed by atoms with Crippen LogP contribution in [0.4, 0.5) is 11.4 Å². The molecule has 0 fully saturated rings. The molecule has 9 heteroatoms. The van der Waals surface area contributed by atoms with Crippen molar-refractivity contribution in [1.82, 2.24) is 9.29 Å². The first kappa shape index (κ1) is 27.4. The number of hydrazine groups is 1. The Morgan fingerprint density at radius 1 is 1.24 bits per heavy atom. The molecule has 1 unspecified atom stereocenters. The molecule has 4 rings (SSSR count). The molecular formula is C28H37N5O2S2. The Morgan fingerprint density at radius 2 is 1.97 bits per heavy atom. The van der Waals surface area contributed by atoms with Gasteiger partial charge in [-0.15, -0.1) is 11.3 Å². The van der Waals surface area contributed by atoms with Crippen LogP contribution in [-0.4, -0.2) is 33.5 Å². The summed E-state index contributed by atoms with van der Waals surface area (Å²) in [4.78, 5) is 20.0. The van der Waals surface area contributed by atoms with Gasteiger partial charge in [0.15, 0.2) is 0 Å². The Labute approximate surface area is 228 Å². The van der Waals surface area contributed by atoms with Gasteiger partial charge in [0.1, 0.15) is 5.01 Å². The van der Waals surface area contributed by atoms with Gasteiger partial charge in [-0.05, 0) is 88.2 Å². The first-order valence-electron chi connectivity index (χ1n) is 12.7. The first-order chi connectivity index (χ1) is 17.5. The fourth-order valence-corrected chi connectivity index (χ4v) is 7.20. The second kappa shape index (κ2) is 11.0. The molecule has 1 aliphatic rings. The number of rotatable bonds is 8. The lowest BCUT2D eigenvalue weighted by molar-refractivity contribution is -0.147. The molecule has 37 heavy (non-hydrogen) atoms. The second-order valence-electron chi connectivity index (χ2n) is 10.2. The van der Waals surface area contributed by atoms with E-state index in [9.17, 15) is 9.90 Å². The number of nitrogen functional groups attached to an aromatic ring is 1. The summed E-state index contributed by atoms with van der Waals surface area (Å²) in [6.45, 7) is 11.8. The van der Waals surface area contributed by atoms with E-state index in [1.165, 1.54) is 10.5 Å². The lowest BCUT2D eigenvalue weighted by atomic mass is 9.73. The highest BCUT2D eigenvalue weighted by atomic mass is 32.2. The van der Waals surface area contributed by atoms with Crippen LogP contribution in [0.3, 0.4) is 0 Å². The Kier molecular flexibility index (Phi) is 8.18. The average Bonchev–Trinajstić information content (AvgIpc) is 3.08. The highest BCUT2D eigenvalue weighted by Crippen LogP contribution is 2.46. The normalized spacial score (nSPS) is 15.2. The highest BCUT2D eigenvalue weighted by molar-refractivity contribution is 7.97. The van der Waals surface area contributed by atoms with Gasteiger partial charge in [0.2, 0.25) is 0 Å². The number of aromatic nitrogens is 1. The topological polar surface area (TPSA) is 109 Å². The van der Waals surface area contributed by atoms with Crippen LogP contribution in [0.1, 0.15) is 65.4 Å². The number of carboxylic acid groups (broad SMARTS) is 1. The predicted octanol–water partition coefficient (Wildman–Crippen LogP) is 5.74. The molecule has 0 amide bonds. The molecule has 1 atom stereocenters. The number of carboxylic acids is 1. The van der Waals surface area contributed by atoms with E-state index in [4.69, 9.17) is 16.6 Å². The number of hydrogen-bond acceptors (Lipinski definition) is 8. The largest absolute Gasteiger partial charge is 0.481 e.